The van der Waals surface area contributed by atoms with Crippen molar-refractivity contribution in [2.45, 2.75) is 332 Å². The first kappa shape index (κ1) is 105. The molecule has 10 atom stereocenters. The summed E-state index contributed by atoms with van der Waals surface area (Å²) in [6, 6.07) is 35.0. The third-order valence-electron chi connectivity index (χ3n) is 14.0. The molecule has 0 bridgehead atoms. The van der Waals surface area contributed by atoms with Gasteiger partial charge in [0.05, 0.1) is 33.0 Å². The summed E-state index contributed by atoms with van der Waals surface area (Å²) < 4.78 is 22.0. The van der Waals surface area contributed by atoms with Gasteiger partial charge in [0.25, 0.3) is 0 Å². The molecule has 0 saturated carbocycles. The lowest BCUT2D eigenvalue weighted by Gasteiger charge is -2.39. The third-order valence-corrected chi connectivity index (χ3v) is 14.0. The van der Waals surface area contributed by atoms with Crippen LogP contribution in [0.15, 0.2) is 109 Å². The van der Waals surface area contributed by atoms with Crippen molar-refractivity contribution in [2.24, 2.45) is 45.3 Å². The zero-order valence-corrected chi connectivity index (χ0v) is 72.7. The minimum absolute atomic E-state index is 0.0401. The van der Waals surface area contributed by atoms with Crippen LogP contribution < -0.4 is 20.1 Å². The number of hydrogen-bond donors (Lipinski definition) is 14. The first-order chi connectivity index (χ1) is 49.8. The van der Waals surface area contributed by atoms with E-state index in [4.69, 9.17) is 34.3 Å². The van der Waals surface area contributed by atoms with Crippen molar-refractivity contribution in [2.75, 3.05) is 17.2 Å². The lowest BCUT2D eigenvalue weighted by Crippen LogP contribution is -2.61. The number of carbonyl (C=O) groups is 1. The molecule has 0 radical (unpaired) electrons. The van der Waals surface area contributed by atoms with Gasteiger partial charge in [0.1, 0.15) is 54.2 Å². The summed E-state index contributed by atoms with van der Waals surface area (Å²) in [5, 5.41) is 121. The third kappa shape index (κ3) is 50.8. The molecule has 10 unspecified atom stereocenters. The Morgan fingerprint density at radius 1 is 0.358 bits per heavy atom. The fraction of sp³-hybridized carbons (Fsp3) is 0.656. The van der Waals surface area contributed by atoms with Crippen LogP contribution in [-0.2, 0) is 66.4 Å². The van der Waals surface area contributed by atoms with E-state index in [9.17, 15) is 50.8 Å². The van der Waals surface area contributed by atoms with Gasteiger partial charge in [0, 0.05) is 22.5 Å². The maximum absolute atomic E-state index is 11.2. The molecule has 19 nitrogen and oxygen atoms in total. The van der Waals surface area contributed by atoms with Crippen molar-refractivity contribution in [3.05, 3.63) is 154 Å². The van der Waals surface area contributed by atoms with E-state index in [1.54, 1.807) is 30.3 Å². The summed E-state index contributed by atoms with van der Waals surface area (Å²) in [6.07, 6.45) is -11.5. The maximum Gasteiger partial charge on any atom is 0.335 e. The Kier molecular flexibility index (Phi) is 48.7. The van der Waals surface area contributed by atoms with Crippen LogP contribution in [0.4, 0.5) is 11.4 Å². The molecule has 0 spiro atoms. The highest BCUT2D eigenvalue weighted by Crippen LogP contribution is 2.35. The number of aliphatic carboxylic acids is 1. The monoisotopic (exact) mass is 1540 g/mol. The SMILES string of the molecule is CC(C)(C)Cc1cc(CO)ccc1OC1OC(C(=O)O)C(O)C(O)C1O.CC(C)(C)Cc1cc(CO)ccc1OC1OC(CO)C(O)C(O)C1O.CC(C)(C)Cc1ccc(CO)cc1.CC(C)(C)Cc1ccc(NC(C)(C)C)cc1.CC(C)(C)Nc1ccc(CO)cc1.CC(C)C.CC(C)C.CC(C)C.CC(C)C. The van der Waals surface area contributed by atoms with E-state index < -0.39 is 74.0 Å². The smallest absolute Gasteiger partial charge is 0.335 e. The predicted octanol–water partition coefficient (Wildman–Crippen LogP) is 16.3. The van der Waals surface area contributed by atoms with Crippen molar-refractivity contribution in [1.29, 1.82) is 0 Å². The molecule has 0 aromatic heterocycles. The van der Waals surface area contributed by atoms with E-state index in [-0.39, 0.29) is 48.3 Å². The van der Waals surface area contributed by atoms with E-state index in [2.05, 4.69) is 234 Å². The first-order valence-corrected chi connectivity index (χ1v) is 38.9. The van der Waals surface area contributed by atoms with Gasteiger partial charge in [-0.25, -0.2) is 4.79 Å². The molecule has 626 valence electrons. The Labute approximate surface area is 659 Å². The van der Waals surface area contributed by atoms with Crippen LogP contribution in [0.1, 0.15) is 252 Å². The first-order valence-electron chi connectivity index (χ1n) is 38.9. The second-order valence-corrected chi connectivity index (χ2v) is 38.0. The van der Waals surface area contributed by atoms with Crippen molar-refractivity contribution < 1.29 is 85.0 Å². The van der Waals surface area contributed by atoms with Crippen LogP contribution in [0, 0.1) is 45.3 Å². The van der Waals surface area contributed by atoms with Crippen LogP contribution in [0.2, 0.25) is 0 Å². The van der Waals surface area contributed by atoms with Crippen LogP contribution in [0.3, 0.4) is 0 Å². The number of carboxylic acid groups (broad SMARTS) is 1. The lowest BCUT2D eigenvalue weighted by atomic mass is 9.87. The molecule has 7 rings (SSSR count). The van der Waals surface area contributed by atoms with Gasteiger partial charge in [-0.1, -0.05) is 227 Å². The Morgan fingerprint density at radius 2 is 0.615 bits per heavy atom. The van der Waals surface area contributed by atoms with Crippen molar-refractivity contribution >= 4 is 17.3 Å². The molecule has 109 heavy (non-hydrogen) atoms. The Hall–Kier alpha value is -5.75. The number of hydrogen-bond acceptors (Lipinski definition) is 18. The van der Waals surface area contributed by atoms with Crippen LogP contribution in [-0.4, -0.2) is 146 Å². The van der Waals surface area contributed by atoms with E-state index in [1.165, 1.54) is 16.8 Å². The largest absolute Gasteiger partial charge is 0.479 e. The van der Waals surface area contributed by atoms with Gasteiger partial charge in [-0.3, -0.25) is 0 Å². The number of nitrogens with one attached hydrogen (secondary N) is 2. The van der Waals surface area contributed by atoms with Crippen molar-refractivity contribution in [3.63, 3.8) is 0 Å². The van der Waals surface area contributed by atoms with Gasteiger partial charge in [0.2, 0.25) is 12.6 Å². The van der Waals surface area contributed by atoms with Crippen LogP contribution in [0.25, 0.3) is 0 Å². The predicted molar refractivity (Wildman–Crippen MR) is 447 cm³/mol. The molecular weight excluding hydrogens is 1380 g/mol. The average Bonchev–Trinajstić information content (AvgIpc) is 0.801. The fourth-order valence-electron chi connectivity index (χ4n) is 9.93. The zero-order chi connectivity index (χ0) is 84.9. The summed E-state index contributed by atoms with van der Waals surface area (Å²) in [6.45, 7) is 64.1. The molecule has 2 fully saturated rings. The minimum atomic E-state index is -1.77. The molecule has 5 aromatic rings. The number of aliphatic hydroxyl groups excluding tert-OH is 11. The fourth-order valence-corrected chi connectivity index (χ4v) is 9.93. The van der Waals surface area contributed by atoms with Gasteiger partial charge < -0.3 is 90.9 Å². The lowest BCUT2D eigenvalue weighted by molar-refractivity contribution is -0.277. The summed E-state index contributed by atoms with van der Waals surface area (Å²) in [5.74, 6) is 2.66. The summed E-state index contributed by atoms with van der Waals surface area (Å²) >= 11 is 0. The molecule has 5 aromatic carbocycles. The van der Waals surface area contributed by atoms with E-state index >= 15 is 0 Å². The highest BCUT2D eigenvalue weighted by atomic mass is 16.7. The molecule has 2 saturated heterocycles. The second-order valence-electron chi connectivity index (χ2n) is 38.0. The molecule has 19 heteroatoms. The number of aliphatic hydroxyl groups is 11. The Morgan fingerprint density at radius 3 is 0.881 bits per heavy atom. The van der Waals surface area contributed by atoms with Gasteiger partial charge >= 0.3 is 5.97 Å². The quantitative estimate of drug-likeness (QED) is 0.0436. The average molecular weight is 1540 g/mol. The van der Waals surface area contributed by atoms with Gasteiger partial charge in [-0.15, -0.1) is 0 Å². The Balaban J connectivity index is 0. The number of carboxylic acids is 1. The molecule has 14 N–H and O–H groups in total. The number of ether oxygens (including phenoxy) is 4. The topological polar surface area (TPSA) is 321 Å². The molecule has 0 aliphatic carbocycles. The molecule has 2 aliphatic heterocycles. The van der Waals surface area contributed by atoms with Gasteiger partial charge in [-0.2, -0.15) is 0 Å². The zero-order valence-electron chi connectivity index (χ0n) is 72.7. The highest BCUT2D eigenvalue weighted by Gasteiger charge is 2.49. The summed E-state index contributed by atoms with van der Waals surface area (Å²) in [7, 11) is 0. The van der Waals surface area contributed by atoms with E-state index in [1.807, 2.05) is 63.2 Å². The molecular formula is C90H154N2O17. The van der Waals surface area contributed by atoms with Gasteiger partial charge in [0.15, 0.2) is 6.10 Å². The number of benzene rings is 5. The van der Waals surface area contributed by atoms with Crippen molar-refractivity contribution in [1.82, 2.24) is 0 Å². The molecule has 2 aliphatic rings. The van der Waals surface area contributed by atoms with Crippen molar-refractivity contribution in [3.8, 4) is 11.5 Å². The van der Waals surface area contributed by atoms with E-state index in [0.717, 1.165) is 70.0 Å². The normalized spacial score (nSPS) is 19.9. The molecule has 0 amide bonds. The summed E-state index contributed by atoms with van der Waals surface area (Å²) in [5.41, 5.74) is 10.7. The van der Waals surface area contributed by atoms with Crippen LogP contribution in [0.5, 0.6) is 11.5 Å². The minimum Gasteiger partial charge on any atom is -0.479 e. The van der Waals surface area contributed by atoms with Crippen LogP contribution >= 0.6 is 0 Å². The number of rotatable bonds is 16. The summed E-state index contributed by atoms with van der Waals surface area (Å²) in [4.78, 5) is 11.2. The number of anilines is 2. The van der Waals surface area contributed by atoms with Gasteiger partial charge in [-0.05, 0) is 206 Å². The second kappa shape index (κ2) is 50.4. The maximum atomic E-state index is 11.2. The Bertz CT molecular complexity index is 3050. The highest BCUT2D eigenvalue weighted by molar-refractivity contribution is 5.73. The standard InChI is InChI=1S/C18H26O8.C18H28O7.C15H25N.C12H18O.C11H17NO.4C4H10/c1-18(2,3)7-10-6-9(8-19)4-5-11(10)25-17-14(22)12(20)13(21)15(26-17)16(23)24;1-18(2,3)7-11-6-10(8-19)4-5-12(11)24-17-16(23)15(22)14(21)13(9-20)25-17;1-14(2,3)11-12-7-9-13(10-8-12)16-15(4,5)6;1-12(2,3)8-10-4-6-11(9-13)7-5-10;1-11(2,3)12-10-6-4-9(8-13)5-7-10;4*1-4(2)3/h4-6,12-15,17,19-22H,7-8H2,1-3H3,(H,23,24);4-6,13-17,19-23H,7-9H2,1-3H3;7-10,16H,11H2,1-6H3;4-7,13H,8-9H2,1-3H3;4-7,12-13H,8H2,1-3H3;4*4H,1-3H3. The van der Waals surface area contributed by atoms with E-state index in [0.29, 0.717) is 40.7 Å². The molecule has 2 heterocycles.